The van der Waals surface area contributed by atoms with E-state index < -0.39 is 11.3 Å². The number of hydrogen-bond donors (Lipinski definition) is 1. The van der Waals surface area contributed by atoms with Crippen LogP contribution in [0, 0.1) is 0 Å². The largest absolute Gasteiger partial charge is 0.300 e. The molecular formula is C21H20N2O3. The van der Waals surface area contributed by atoms with Gasteiger partial charge in [-0.1, -0.05) is 48.5 Å². The Bertz CT molecular complexity index is 969. The van der Waals surface area contributed by atoms with E-state index in [2.05, 4.69) is 5.10 Å². The number of rotatable bonds is 7. The number of aryl methyl sites for hydroxylation is 2. The summed E-state index contributed by atoms with van der Waals surface area (Å²) in [6, 6.07) is 18.9. The zero-order valence-electron chi connectivity index (χ0n) is 14.6. The van der Waals surface area contributed by atoms with Crippen LogP contribution in [0.2, 0.25) is 0 Å². The summed E-state index contributed by atoms with van der Waals surface area (Å²) in [6.07, 6.45) is 0.939. The summed E-state index contributed by atoms with van der Waals surface area (Å²) < 4.78 is 1.37. The minimum absolute atomic E-state index is 0.0833. The van der Waals surface area contributed by atoms with Crippen molar-refractivity contribution in [1.29, 1.82) is 0 Å². The number of carbonyl (C=O) groups is 2. The Kier molecular flexibility index (Phi) is 5.27. The lowest BCUT2D eigenvalue weighted by Gasteiger charge is -2.03. The van der Waals surface area contributed by atoms with Crippen LogP contribution < -0.4 is 5.56 Å². The average Bonchev–Trinajstić information content (AvgIpc) is 2.97. The number of nitrogens with one attached hydrogen (secondary N) is 1. The van der Waals surface area contributed by atoms with Gasteiger partial charge in [0.15, 0.2) is 5.78 Å². The first-order valence-corrected chi connectivity index (χ1v) is 8.52. The van der Waals surface area contributed by atoms with Crippen LogP contribution in [0.25, 0.3) is 5.69 Å². The Morgan fingerprint density at radius 2 is 1.54 bits per heavy atom. The number of para-hydroxylation sites is 1. The molecular weight excluding hydrogens is 328 g/mol. The van der Waals surface area contributed by atoms with Crippen molar-refractivity contribution in [2.45, 2.75) is 26.2 Å². The smallest absolute Gasteiger partial charge is 0.282 e. The number of Topliss-reactive ketones (excluding diaryl/α,β-unsaturated/α-hetero) is 2. The van der Waals surface area contributed by atoms with E-state index in [9.17, 15) is 14.4 Å². The second kappa shape index (κ2) is 7.78. The molecule has 0 bridgehead atoms. The van der Waals surface area contributed by atoms with Gasteiger partial charge in [-0.15, -0.1) is 0 Å². The SMILES string of the molecule is CC(=O)CC(=O)c1c(CCc2ccccc2)[nH]n(-c2ccccc2)c1=O. The van der Waals surface area contributed by atoms with Crippen LogP contribution in [0.3, 0.4) is 0 Å². The van der Waals surface area contributed by atoms with E-state index in [4.69, 9.17) is 0 Å². The fourth-order valence-electron chi connectivity index (χ4n) is 2.94. The standard InChI is InChI=1S/C21H20N2O3/c1-15(24)14-19(25)20-18(13-12-16-8-4-2-5-9-16)22-23(21(20)26)17-10-6-3-7-11-17/h2-11,22H,12-14H2,1H3. The van der Waals surface area contributed by atoms with E-state index >= 15 is 0 Å². The van der Waals surface area contributed by atoms with Gasteiger partial charge >= 0.3 is 0 Å². The predicted octanol–water partition coefficient (Wildman–Crippen LogP) is 3.11. The van der Waals surface area contributed by atoms with Crippen molar-refractivity contribution in [2.75, 3.05) is 0 Å². The Morgan fingerprint density at radius 1 is 0.923 bits per heavy atom. The van der Waals surface area contributed by atoms with Gasteiger partial charge in [-0.25, -0.2) is 4.68 Å². The molecule has 3 rings (SSSR count). The molecule has 1 N–H and O–H groups in total. The van der Waals surface area contributed by atoms with Crippen LogP contribution in [0.5, 0.6) is 0 Å². The highest BCUT2D eigenvalue weighted by atomic mass is 16.2. The first-order valence-electron chi connectivity index (χ1n) is 8.52. The van der Waals surface area contributed by atoms with E-state index in [0.29, 0.717) is 24.2 Å². The topological polar surface area (TPSA) is 71.9 Å². The highest BCUT2D eigenvalue weighted by molar-refractivity contribution is 6.07. The highest BCUT2D eigenvalue weighted by Crippen LogP contribution is 2.13. The van der Waals surface area contributed by atoms with Crippen molar-refractivity contribution < 1.29 is 9.59 Å². The van der Waals surface area contributed by atoms with E-state index in [0.717, 1.165) is 5.56 Å². The van der Waals surface area contributed by atoms with Gasteiger partial charge in [0.05, 0.1) is 12.1 Å². The summed E-state index contributed by atoms with van der Waals surface area (Å²) in [5, 5.41) is 3.06. The fourth-order valence-corrected chi connectivity index (χ4v) is 2.94. The van der Waals surface area contributed by atoms with E-state index in [1.165, 1.54) is 11.6 Å². The monoisotopic (exact) mass is 348 g/mol. The molecule has 5 nitrogen and oxygen atoms in total. The number of ketones is 2. The molecule has 26 heavy (non-hydrogen) atoms. The van der Waals surface area contributed by atoms with Gasteiger partial charge in [-0.3, -0.25) is 19.5 Å². The molecule has 0 atom stereocenters. The summed E-state index contributed by atoms with van der Waals surface area (Å²) in [7, 11) is 0. The van der Waals surface area contributed by atoms with Crippen LogP contribution in [0.15, 0.2) is 65.5 Å². The van der Waals surface area contributed by atoms with Crippen molar-refractivity contribution in [2.24, 2.45) is 0 Å². The van der Waals surface area contributed by atoms with E-state index in [-0.39, 0.29) is 17.8 Å². The van der Waals surface area contributed by atoms with Crippen LogP contribution in [0.4, 0.5) is 0 Å². The van der Waals surface area contributed by atoms with Gasteiger partial charge in [-0.2, -0.15) is 0 Å². The summed E-state index contributed by atoms with van der Waals surface area (Å²) >= 11 is 0. The summed E-state index contributed by atoms with van der Waals surface area (Å²) in [6.45, 7) is 1.35. The van der Waals surface area contributed by atoms with Crippen molar-refractivity contribution >= 4 is 11.6 Å². The summed E-state index contributed by atoms with van der Waals surface area (Å²) in [4.78, 5) is 36.7. The molecule has 3 aromatic rings. The Hall–Kier alpha value is -3.21. The fraction of sp³-hybridized carbons (Fsp3) is 0.190. The number of hydrogen-bond acceptors (Lipinski definition) is 3. The molecule has 0 spiro atoms. The van der Waals surface area contributed by atoms with Gasteiger partial charge < -0.3 is 0 Å². The number of carbonyl (C=O) groups excluding carboxylic acids is 2. The van der Waals surface area contributed by atoms with Crippen molar-refractivity contribution in [3.63, 3.8) is 0 Å². The van der Waals surface area contributed by atoms with Crippen molar-refractivity contribution in [1.82, 2.24) is 9.78 Å². The quantitative estimate of drug-likeness (QED) is 0.527. The zero-order valence-corrected chi connectivity index (χ0v) is 14.6. The molecule has 0 amide bonds. The number of nitrogens with zero attached hydrogens (tertiary/aromatic N) is 1. The molecule has 0 radical (unpaired) electrons. The minimum atomic E-state index is -0.434. The van der Waals surface area contributed by atoms with Crippen LogP contribution in [-0.4, -0.2) is 21.3 Å². The molecule has 0 aliphatic heterocycles. The number of benzene rings is 2. The van der Waals surface area contributed by atoms with Crippen LogP contribution in [0.1, 0.15) is 35.0 Å². The molecule has 0 saturated carbocycles. The molecule has 0 unspecified atom stereocenters. The predicted molar refractivity (Wildman–Crippen MR) is 99.9 cm³/mol. The van der Waals surface area contributed by atoms with Gasteiger partial charge in [0.2, 0.25) is 0 Å². The molecule has 0 aliphatic rings. The molecule has 0 fully saturated rings. The van der Waals surface area contributed by atoms with Crippen LogP contribution in [-0.2, 0) is 17.6 Å². The third-order valence-corrected chi connectivity index (χ3v) is 4.17. The maximum Gasteiger partial charge on any atom is 0.282 e. The lowest BCUT2D eigenvalue weighted by Crippen LogP contribution is -2.21. The average molecular weight is 348 g/mol. The lowest BCUT2D eigenvalue weighted by atomic mass is 10.0. The molecule has 132 valence electrons. The Morgan fingerprint density at radius 3 is 2.15 bits per heavy atom. The van der Waals surface area contributed by atoms with Crippen LogP contribution >= 0.6 is 0 Å². The first kappa shape index (κ1) is 17.6. The third-order valence-electron chi connectivity index (χ3n) is 4.17. The first-order chi connectivity index (χ1) is 12.6. The maximum absolute atomic E-state index is 12.8. The Balaban J connectivity index is 1.99. The second-order valence-electron chi connectivity index (χ2n) is 6.23. The molecule has 0 aliphatic carbocycles. The maximum atomic E-state index is 12.8. The summed E-state index contributed by atoms with van der Waals surface area (Å²) in [5.41, 5.74) is 2.01. The summed E-state index contributed by atoms with van der Waals surface area (Å²) in [5.74, 6) is -0.688. The highest BCUT2D eigenvalue weighted by Gasteiger charge is 2.22. The van der Waals surface area contributed by atoms with Gasteiger partial charge in [0.25, 0.3) is 5.56 Å². The third kappa shape index (κ3) is 3.88. The molecule has 1 heterocycles. The van der Waals surface area contributed by atoms with Gasteiger partial charge in [0, 0.05) is 5.69 Å². The van der Waals surface area contributed by atoms with E-state index in [1.807, 2.05) is 48.5 Å². The zero-order chi connectivity index (χ0) is 18.5. The van der Waals surface area contributed by atoms with Crippen molar-refractivity contribution in [3.8, 4) is 5.69 Å². The minimum Gasteiger partial charge on any atom is -0.300 e. The van der Waals surface area contributed by atoms with E-state index in [1.54, 1.807) is 12.1 Å². The molecule has 5 heteroatoms. The number of aromatic nitrogens is 2. The normalized spacial score (nSPS) is 10.7. The van der Waals surface area contributed by atoms with Gasteiger partial charge in [-0.05, 0) is 37.5 Å². The van der Waals surface area contributed by atoms with Crippen molar-refractivity contribution in [3.05, 3.63) is 87.8 Å². The molecule has 0 saturated heterocycles. The second-order valence-corrected chi connectivity index (χ2v) is 6.23. The molecule has 1 aromatic heterocycles. The number of H-pyrrole nitrogens is 1. The number of aromatic amines is 1. The molecule has 2 aromatic carbocycles. The van der Waals surface area contributed by atoms with Gasteiger partial charge in [0.1, 0.15) is 11.3 Å². The lowest BCUT2D eigenvalue weighted by molar-refractivity contribution is -0.116. The Labute approximate surface area is 151 Å².